The van der Waals surface area contributed by atoms with Crippen molar-refractivity contribution in [2.45, 2.75) is 37.3 Å². The zero-order valence-electron chi connectivity index (χ0n) is 16.7. The van der Waals surface area contributed by atoms with Crippen LogP contribution in [0.15, 0.2) is 4.99 Å². The summed E-state index contributed by atoms with van der Waals surface area (Å²) in [5, 5.41) is 6.99. The molecule has 0 aromatic heterocycles. The Labute approximate surface area is 168 Å². The summed E-state index contributed by atoms with van der Waals surface area (Å²) in [7, 11) is 1.84. The highest BCUT2D eigenvalue weighted by Gasteiger charge is 2.40. The molecule has 3 saturated heterocycles. The van der Waals surface area contributed by atoms with Gasteiger partial charge in [-0.3, -0.25) is 9.89 Å². The van der Waals surface area contributed by atoms with Gasteiger partial charge in [0.1, 0.15) is 0 Å². The van der Waals surface area contributed by atoms with Gasteiger partial charge in [-0.25, -0.2) is 0 Å². The van der Waals surface area contributed by atoms with Crippen molar-refractivity contribution in [1.82, 2.24) is 15.5 Å². The maximum Gasteiger partial charge on any atom is 0.191 e. The van der Waals surface area contributed by atoms with Gasteiger partial charge >= 0.3 is 0 Å². The van der Waals surface area contributed by atoms with E-state index in [0.717, 1.165) is 78.0 Å². The van der Waals surface area contributed by atoms with Crippen LogP contribution in [-0.4, -0.2) is 100 Å². The van der Waals surface area contributed by atoms with E-state index in [1.165, 1.54) is 24.3 Å². The summed E-state index contributed by atoms with van der Waals surface area (Å²) in [6.45, 7) is 7.97. The molecule has 2 atom stereocenters. The Bertz CT molecular complexity index is 448. The van der Waals surface area contributed by atoms with E-state index >= 15 is 0 Å². The monoisotopic (exact) mass is 400 g/mol. The molecule has 0 aliphatic carbocycles. The highest BCUT2D eigenvalue weighted by atomic mass is 32.2. The van der Waals surface area contributed by atoms with Crippen LogP contribution in [0.3, 0.4) is 0 Å². The molecule has 0 amide bonds. The van der Waals surface area contributed by atoms with Gasteiger partial charge in [0.15, 0.2) is 5.96 Å². The number of ether oxygens (including phenoxy) is 3. The van der Waals surface area contributed by atoms with E-state index in [1.807, 2.05) is 7.05 Å². The van der Waals surface area contributed by atoms with Gasteiger partial charge in [0.25, 0.3) is 0 Å². The quantitative estimate of drug-likeness (QED) is 0.339. The molecule has 0 spiro atoms. The normalized spacial score (nSPS) is 30.0. The maximum atomic E-state index is 5.72. The van der Waals surface area contributed by atoms with Gasteiger partial charge in [0.2, 0.25) is 0 Å². The Morgan fingerprint density at radius 2 is 2.19 bits per heavy atom. The van der Waals surface area contributed by atoms with Crippen LogP contribution in [0.4, 0.5) is 0 Å². The van der Waals surface area contributed by atoms with E-state index in [4.69, 9.17) is 14.2 Å². The van der Waals surface area contributed by atoms with Crippen LogP contribution in [0.2, 0.25) is 0 Å². The lowest BCUT2D eigenvalue weighted by Crippen LogP contribution is -2.60. The average Bonchev–Trinajstić information content (AvgIpc) is 3.40. The van der Waals surface area contributed by atoms with Crippen molar-refractivity contribution in [3.63, 3.8) is 0 Å². The summed E-state index contributed by atoms with van der Waals surface area (Å²) < 4.78 is 16.8. The van der Waals surface area contributed by atoms with Crippen molar-refractivity contribution in [3.05, 3.63) is 0 Å². The van der Waals surface area contributed by atoms with Crippen molar-refractivity contribution in [1.29, 1.82) is 0 Å². The Balaban J connectivity index is 1.32. The van der Waals surface area contributed by atoms with Crippen LogP contribution < -0.4 is 10.6 Å². The van der Waals surface area contributed by atoms with Crippen LogP contribution in [-0.2, 0) is 14.2 Å². The molecule has 2 unspecified atom stereocenters. The molecule has 27 heavy (non-hydrogen) atoms. The molecule has 0 saturated carbocycles. The lowest BCUT2D eigenvalue weighted by Gasteiger charge is -2.43. The molecular weight excluding hydrogens is 364 g/mol. The summed E-state index contributed by atoms with van der Waals surface area (Å²) in [4.78, 5) is 7.01. The van der Waals surface area contributed by atoms with Crippen LogP contribution in [0, 0.1) is 0 Å². The molecule has 3 rings (SSSR count). The van der Waals surface area contributed by atoms with Crippen molar-refractivity contribution >= 4 is 17.7 Å². The number of aliphatic imine (C=N–C) groups is 1. The van der Waals surface area contributed by atoms with Crippen LogP contribution >= 0.6 is 11.8 Å². The summed E-state index contributed by atoms with van der Waals surface area (Å²) in [5.41, 5.74) is 0.233. The van der Waals surface area contributed by atoms with Crippen LogP contribution in [0.25, 0.3) is 0 Å². The molecule has 0 aromatic carbocycles. The summed E-state index contributed by atoms with van der Waals surface area (Å²) in [6, 6.07) is 0. The fourth-order valence-corrected chi connectivity index (χ4v) is 5.45. The van der Waals surface area contributed by atoms with Crippen molar-refractivity contribution in [2.24, 2.45) is 4.99 Å². The van der Waals surface area contributed by atoms with E-state index in [0.29, 0.717) is 6.10 Å². The Morgan fingerprint density at radius 3 is 2.89 bits per heavy atom. The lowest BCUT2D eigenvalue weighted by atomic mass is 9.95. The number of guanidine groups is 1. The summed E-state index contributed by atoms with van der Waals surface area (Å²) in [5.74, 6) is 3.32. The first-order valence-corrected chi connectivity index (χ1v) is 11.5. The third-order valence-electron chi connectivity index (χ3n) is 5.66. The first kappa shape index (κ1) is 21.2. The number of morpholine rings is 1. The minimum absolute atomic E-state index is 0.233. The largest absolute Gasteiger partial charge is 0.379 e. The van der Waals surface area contributed by atoms with Crippen molar-refractivity contribution < 1.29 is 14.2 Å². The molecule has 2 N–H and O–H groups in total. The van der Waals surface area contributed by atoms with E-state index in [-0.39, 0.29) is 5.54 Å². The molecule has 3 aliphatic rings. The van der Waals surface area contributed by atoms with Crippen LogP contribution in [0.1, 0.15) is 25.7 Å². The Hall–Kier alpha value is -0.540. The highest BCUT2D eigenvalue weighted by molar-refractivity contribution is 7.99. The van der Waals surface area contributed by atoms with E-state index < -0.39 is 0 Å². The van der Waals surface area contributed by atoms with Gasteiger partial charge in [0.05, 0.1) is 25.9 Å². The molecule has 8 heteroatoms. The van der Waals surface area contributed by atoms with Gasteiger partial charge in [0, 0.05) is 57.7 Å². The van der Waals surface area contributed by atoms with Gasteiger partial charge in [-0.15, -0.1) is 0 Å². The summed E-state index contributed by atoms with van der Waals surface area (Å²) >= 11 is 2.06. The molecule has 3 aliphatic heterocycles. The Kier molecular flexibility index (Phi) is 8.99. The average molecular weight is 401 g/mol. The number of hydrogen-bond donors (Lipinski definition) is 2. The first-order chi connectivity index (χ1) is 13.3. The van der Waals surface area contributed by atoms with E-state index in [1.54, 1.807) is 0 Å². The number of nitrogens with one attached hydrogen (secondary N) is 2. The minimum Gasteiger partial charge on any atom is -0.379 e. The minimum atomic E-state index is 0.233. The number of nitrogens with zero attached hydrogens (tertiary/aromatic N) is 2. The second-order valence-electron chi connectivity index (χ2n) is 7.54. The second-order valence-corrected chi connectivity index (χ2v) is 8.65. The van der Waals surface area contributed by atoms with Gasteiger partial charge in [-0.1, -0.05) is 0 Å². The second kappa shape index (κ2) is 11.5. The fourth-order valence-electron chi connectivity index (χ4n) is 3.98. The smallest absolute Gasteiger partial charge is 0.191 e. The maximum absolute atomic E-state index is 5.72. The number of rotatable bonds is 9. The molecular formula is C19H36N4O3S. The fraction of sp³-hybridized carbons (Fsp3) is 0.947. The van der Waals surface area contributed by atoms with Gasteiger partial charge in [-0.2, -0.15) is 11.8 Å². The molecule has 7 nitrogen and oxygen atoms in total. The number of thioether (sulfide) groups is 1. The SMILES string of the molecule is CN=C(NCCCOCC1CCCO1)NCC1(N2CCOCC2)CCSC1. The zero-order chi connectivity index (χ0) is 18.8. The van der Waals surface area contributed by atoms with Crippen molar-refractivity contribution in [3.8, 4) is 0 Å². The van der Waals surface area contributed by atoms with Crippen molar-refractivity contribution in [2.75, 3.05) is 77.8 Å². The van der Waals surface area contributed by atoms with Gasteiger partial charge in [-0.05, 0) is 31.4 Å². The molecule has 0 radical (unpaired) electrons. The Morgan fingerprint density at radius 1 is 1.30 bits per heavy atom. The topological polar surface area (TPSA) is 67.4 Å². The first-order valence-electron chi connectivity index (χ1n) is 10.4. The van der Waals surface area contributed by atoms with E-state index in [2.05, 4.69) is 32.3 Å². The lowest BCUT2D eigenvalue weighted by molar-refractivity contribution is -0.0120. The number of hydrogen-bond acceptors (Lipinski definition) is 6. The third-order valence-corrected chi connectivity index (χ3v) is 6.89. The molecule has 156 valence electrons. The zero-order valence-corrected chi connectivity index (χ0v) is 17.5. The van der Waals surface area contributed by atoms with Crippen LogP contribution in [0.5, 0.6) is 0 Å². The standard InChI is InChI=1S/C19H36N4O3S/c1-20-18(21-6-3-9-25-14-17-4-2-10-26-17)22-15-19(5-13-27-16-19)23-7-11-24-12-8-23/h17H,2-16H2,1H3,(H2,20,21,22). The van der Waals surface area contributed by atoms with Gasteiger partial charge < -0.3 is 24.8 Å². The molecule has 0 aromatic rings. The highest BCUT2D eigenvalue weighted by Crippen LogP contribution is 2.33. The third kappa shape index (κ3) is 6.49. The predicted molar refractivity (Wildman–Crippen MR) is 111 cm³/mol. The summed E-state index contributed by atoms with van der Waals surface area (Å²) in [6.07, 6.45) is 4.82. The molecule has 0 bridgehead atoms. The van der Waals surface area contributed by atoms with E-state index in [9.17, 15) is 0 Å². The molecule has 3 fully saturated rings. The molecule has 3 heterocycles. The predicted octanol–water partition coefficient (Wildman–Crippen LogP) is 0.945.